The minimum Gasteiger partial charge on any atom is -0.241 e. The highest BCUT2D eigenvalue weighted by Gasteiger charge is 1.93. The van der Waals surface area contributed by atoms with Gasteiger partial charge >= 0.3 is 0 Å². The van der Waals surface area contributed by atoms with Crippen molar-refractivity contribution in [2.45, 2.75) is 13.3 Å². The van der Waals surface area contributed by atoms with Crippen LogP contribution in [0.25, 0.3) is 0 Å². The van der Waals surface area contributed by atoms with Crippen LogP contribution >= 0.6 is 22.5 Å². The molecule has 60 valence electrons. The van der Waals surface area contributed by atoms with E-state index in [1.165, 1.54) is 10.8 Å². The highest BCUT2D eigenvalue weighted by atomic mass is 33.1. The molecule has 0 radical (unpaired) electrons. The number of nitrogens with zero attached hydrogens (tertiary/aromatic N) is 2. The van der Waals surface area contributed by atoms with Gasteiger partial charge in [-0.05, 0) is 12.5 Å². The molecule has 1 rings (SSSR count). The van der Waals surface area contributed by atoms with Gasteiger partial charge in [-0.15, -0.1) is 11.7 Å². The van der Waals surface area contributed by atoms with E-state index in [1.54, 1.807) is 0 Å². The summed E-state index contributed by atoms with van der Waals surface area (Å²) in [5.41, 5.74) is 1.10. The first kappa shape index (κ1) is 8.87. The molecule has 2 nitrogen and oxygen atoms in total. The van der Waals surface area contributed by atoms with Gasteiger partial charge in [0.2, 0.25) is 0 Å². The van der Waals surface area contributed by atoms with Crippen LogP contribution in [0.5, 0.6) is 0 Å². The third-order valence-electron chi connectivity index (χ3n) is 1.25. The van der Waals surface area contributed by atoms with E-state index in [1.807, 2.05) is 19.3 Å². The molecule has 0 fully saturated rings. The number of aryl methyl sites for hydroxylation is 2. The molecule has 0 saturated carbocycles. The Morgan fingerprint density at radius 2 is 2.09 bits per heavy atom. The molecular weight excluding hydrogens is 176 g/mol. The SMILES string of the molecule is Cc1cnc(CCSS)nc1. The Morgan fingerprint density at radius 3 is 2.64 bits per heavy atom. The molecule has 0 aromatic carbocycles. The largest absolute Gasteiger partial charge is 0.241 e. The van der Waals surface area contributed by atoms with E-state index in [0.717, 1.165) is 23.6 Å². The van der Waals surface area contributed by atoms with E-state index in [4.69, 9.17) is 0 Å². The topological polar surface area (TPSA) is 25.8 Å². The lowest BCUT2D eigenvalue weighted by Gasteiger charge is -1.96. The summed E-state index contributed by atoms with van der Waals surface area (Å²) >= 11 is 4.03. The van der Waals surface area contributed by atoms with Crippen LogP contribution in [0, 0.1) is 6.92 Å². The van der Waals surface area contributed by atoms with Gasteiger partial charge in [0, 0.05) is 24.6 Å². The summed E-state index contributed by atoms with van der Waals surface area (Å²) in [4.78, 5) is 8.31. The summed E-state index contributed by atoms with van der Waals surface area (Å²) in [7, 11) is 1.52. The van der Waals surface area contributed by atoms with Crippen LogP contribution in [0.1, 0.15) is 11.4 Å². The highest BCUT2D eigenvalue weighted by Crippen LogP contribution is 2.06. The lowest BCUT2D eigenvalue weighted by molar-refractivity contribution is 0.938. The summed E-state index contributed by atoms with van der Waals surface area (Å²) in [5, 5.41) is 0. The van der Waals surface area contributed by atoms with Gasteiger partial charge < -0.3 is 0 Å². The van der Waals surface area contributed by atoms with Crippen LogP contribution in [0.15, 0.2) is 12.4 Å². The Balaban J connectivity index is 2.52. The first-order valence-corrected chi connectivity index (χ1v) is 5.40. The average molecular weight is 186 g/mol. The summed E-state index contributed by atoms with van der Waals surface area (Å²) in [6.07, 6.45) is 4.57. The lowest BCUT2D eigenvalue weighted by atomic mass is 10.4. The van der Waals surface area contributed by atoms with Gasteiger partial charge in [-0.1, -0.05) is 10.8 Å². The lowest BCUT2D eigenvalue weighted by Crippen LogP contribution is -1.95. The first-order chi connectivity index (χ1) is 5.33. The van der Waals surface area contributed by atoms with E-state index < -0.39 is 0 Å². The number of rotatable bonds is 3. The second-order valence-corrected chi connectivity index (χ2v) is 3.70. The summed E-state index contributed by atoms with van der Waals surface area (Å²) < 4.78 is 0. The van der Waals surface area contributed by atoms with Crippen molar-refractivity contribution < 1.29 is 0 Å². The fourth-order valence-corrected chi connectivity index (χ4v) is 1.23. The van der Waals surface area contributed by atoms with E-state index in [2.05, 4.69) is 21.6 Å². The molecule has 0 saturated heterocycles. The molecule has 0 spiro atoms. The van der Waals surface area contributed by atoms with Gasteiger partial charge in [0.1, 0.15) is 5.82 Å². The second-order valence-electron chi connectivity index (χ2n) is 2.26. The second kappa shape index (κ2) is 4.62. The molecule has 0 N–H and O–H groups in total. The summed E-state index contributed by atoms with van der Waals surface area (Å²) in [6, 6.07) is 0. The van der Waals surface area contributed by atoms with Crippen molar-refractivity contribution in [2.75, 3.05) is 5.75 Å². The van der Waals surface area contributed by atoms with Gasteiger partial charge in [-0.2, -0.15) is 0 Å². The van der Waals surface area contributed by atoms with Crippen LogP contribution in [-0.4, -0.2) is 15.7 Å². The van der Waals surface area contributed by atoms with Crippen LogP contribution in [0.3, 0.4) is 0 Å². The molecule has 0 unspecified atom stereocenters. The fraction of sp³-hybridized carbons (Fsp3) is 0.429. The molecular formula is C7H10N2S2. The van der Waals surface area contributed by atoms with Crippen molar-refractivity contribution >= 4 is 22.5 Å². The van der Waals surface area contributed by atoms with Gasteiger partial charge in [-0.3, -0.25) is 0 Å². The molecule has 0 atom stereocenters. The Bertz CT molecular complexity index is 210. The Morgan fingerprint density at radius 1 is 1.45 bits per heavy atom. The summed E-state index contributed by atoms with van der Waals surface area (Å²) in [5.74, 6) is 1.86. The number of thiol groups is 1. The Labute approximate surface area is 75.6 Å². The zero-order valence-corrected chi connectivity index (χ0v) is 8.03. The third-order valence-corrected chi connectivity index (χ3v) is 2.19. The maximum absolute atomic E-state index is 4.16. The van der Waals surface area contributed by atoms with Crippen LogP contribution < -0.4 is 0 Å². The molecule has 0 amide bonds. The molecule has 0 bridgehead atoms. The maximum Gasteiger partial charge on any atom is 0.129 e. The average Bonchev–Trinajstić information content (AvgIpc) is 2.04. The standard InChI is InChI=1S/C7H10N2S2/c1-6-4-8-7(9-5-6)2-3-11-10/h4-5,10H,2-3H2,1H3. The van der Waals surface area contributed by atoms with Gasteiger partial charge in [0.15, 0.2) is 0 Å². The van der Waals surface area contributed by atoms with Crippen molar-refractivity contribution in [3.8, 4) is 0 Å². The van der Waals surface area contributed by atoms with Crippen LogP contribution in [0.2, 0.25) is 0 Å². The quantitative estimate of drug-likeness (QED) is 0.577. The predicted molar refractivity (Wildman–Crippen MR) is 51.9 cm³/mol. The molecule has 1 aromatic rings. The van der Waals surface area contributed by atoms with Gasteiger partial charge in [0.25, 0.3) is 0 Å². The fourth-order valence-electron chi connectivity index (χ4n) is 0.685. The van der Waals surface area contributed by atoms with Crippen molar-refractivity contribution in [3.63, 3.8) is 0 Å². The predicted octanol–water partition coefficient (Wildman–Crippen LogP) is 1.91. The first-order valence-electron chi connectivity index (χ1n) is 3.37. The molecule has 0 aliphatic rings. The molecule has 1 heterocycles. The van der Waals surface area contributed by atoms with Crippen molar-refractivity contribution in [1.29, 1.82) is 0 Å². The molecule has 0 aliphatic heterocycles. The van der Waals surface area contributed by atoms with E-state index >= 15 is 0 Å². The van der Waals surface area contributed by atoms with E-state index in [-0.39, 0.29) is 0 Å². The highest BCUT2D eigenvalue weighted by molar-refractivity contribution is 8.68. The molecule has 0 aliphatic carbocycles. The summed E-state index contributed by atoms with van der Waals surface area (Å²) in [6.45, 7) is 1.98. The van der Waals surface area contributed by atoms with Crippen molar-refractivity contribution in [3.05, 3.63) is 23.8 Å². The number of hydrogen-bond donors (Lipinski definition) is 1. The smallest absolute Gasteiger partial charge is 0.129 e. The monoisotopic (exact) mass is 186 g/mol. The molecule has 1 aromatic heterocycles. The number of hydrogen-bond acceptors (Lipinski definition) is 4. The van der Waals surface area contributed by atoms with Gasteiger partial charge in [-0.25, -0.2) is 9.97 Å². The minimum atomic E-state index is 0.897. The number of aromatic nitrogens is 2. The van der Waals surface area contributed by atoms with Crippen LogP contribution in [0.4, 0.5) is 0 Å². The Kier molecular flexibility index (Phi) is 3.72. The van der Waals surface area contributed by atoms with Gasteiger partial charge in [0.05, 0.1) is 0 Å². The zero-order chi connectivity index (χ0) is 8.10. The van der Waals surface area contributed by atoms with Crippen molar-refractivity contribution in [1.82, 2.24) is 9.97 Å². The maximum atomic E-state index is 4.16. The zero-order valence-electron chi connectivity index (χ0n) is 6.32. The molecule has 11 heavy (non-hydrogen) atoms. The third kappa shape index (κ3) is 3.12. The normalized spacial score (nSPS) is 10.0. The minimum absolute atomic E-state index is 0.897. The van der Waals surface area contributed by atoms with Crippen molar-refractivity contribution in [2.24, 2.45) is 0 Å². The van der Waals surface area contributed by atoms with E-state index in [0.29, 0.717) is 0 Å². The molecule has 4 heteroatoms. The Hall–Kier alpha value is -0.220. The van der Waals surface area contributed by atoms with E-state index in [9.17, 15) is 0 Å². The van der Waals surface area contributed by atoms with Crippen LogP contribution in [-0.2, 0) is 6.42 Å².